The van der Waals surface area contributed by atoms with E-state index in [1.54, 1.807) is 18.3 Å². The van der Waals surface area contributed by atoms with Crippen LogP contribution in [0.25, 0.3) is 11.6 Å². The number of rotatable bonds is 4. The molecule has 5 rings (SSSR count). The van der Waals surface area contributed by atoms with E-state index < -0.39 is 6.17 Å². The highest BCUT2D eigenvalue weighted by Gasteiger charge is 2.27. The van der Waals surface area contributed by atoms with Crippen LogP contribution in [-0.4, -0.2) is 38.2 Å². The lowest BCUT2D eigenvalue weighted by Gasteiger charge is -2.11. The molecule has 1 aliphatic rings. The number of para-hydroxylation sites is 1. The SMILES string of the molecule is O=C1Nc2ccccc2C(c2ccccc2)=NC1Nc1nnc(-c2cccnn2)o1. The second-order valence-electron chi connectivity index (χ2n) is 6.45. The molecule has 2 aromatic carbocycles. The average molecular weight is 397 g/mol. The molecule has 0 aliphatic carbocycles. The van der Waals surface area contributed by atoms with E-state index in [0.29, 0.717) is 17.1 Å². The van der Waals surface area contributed by atoms with Gasteiger partial charge in [0.25, 0.3) is 11.8 Å². The molecule has 0 saturated heterocycles. The highest BCUT2D eigenvalue weighted by atomic mass is 16.4. The van der Waals surface area contributed by atoms with Crippen molar-refractivity contribution in [2.24, 2.45) is 4.99 Å². The smallest absolute Gasteiger partial charge is 0.317 e. The number of carbonyl (C=O) groups is 1. The summed E-state index contributed by atoms with van der Waals surface area (Å²) in [6.45, 7) is 0. The third-order valence-electron chi connectivity index (χ3n) is 4.47. The zero-order chi connectivity index (χ0) is 20.3. The van der Waals surface area contributed by atoms with Crippen molar-refractivity contribution >= 4 is 23.3 Å². The molecule has 146 valence electrons. The van der Waals surface area contributed by atoms with Gasteiger partial charge in [0.15, 0.2) is 0 Å². The predicted octanol–water partition coefficient (Wildman–Crippen LogP) is 2.75. The number of carbonyl (C=O) groups excluding carboxylic acids is 1. The standard InChI is InChI=1S/C21H15N7O2/c29-19-18(25-21-28-27-20(30-21)16-11-6-12-22-26-16)24-17(13-7-2-1-3-8-13)14-9-4-5-10-15(14)23-19/h1-12,18H,(H,23,29)(H,25,28). The van der Waals surface area contributed by atoms with Crippen LogP contribution in [0.1, 0.15) is 11.1 Å². The molecule has 1 aliphatic heterocycles. The van der Waals surface area contributed by atoms with E-state index in [1.165, 1.54) is 0 Å². The van der Waals surface area contributed by atoms with E-state index in [-0.39, 0.29) is 17.8 Å². The first kappa shape index (κ1) is 17.7. The number of hydrogen-bond acceptors (Lipinski definition) is 8. The number of nitrogens with one attached hydrogen (secondary N) is 2. The lowest BCUT2D eigenvalue weighted by atomic mass is 10.0. The largest absolute Gasteiger partial charge is 0.402 e. The Morgan fingerprint density at radius 2 is 1.73 bits per heavy atom. The minimum Gasteiger partial charge on any atom is -0.402 e. The minimum atomic E-state index is -0.970. The molecule has 1 amide bonds. The highest BCUT2D eigenvalue weighted by molar-refractivity contribution is 6.19. The zero-order valence-corrected chi connectivity index (χ0v) is 15.6. The monoisotopic (exact) mass is 397 g/mol. The zero-order valence-electron chi connectivity index (χ0n) is 15.6. The normalized spacial score (nSPS) is 15.5. The third-order valence-corrected chi connectivity index (χ3v) is 4.47. The second kappa shape index (κ2) is 7.55. The van der Waals surface area contributed by atoms with Gasteiger partial charge in [0.2, 0.25) is 6.17 Å². The van der Waals surface area contributed by atoms with Gasteiger partial charge in [-0.3, -0.25) is 4.79 Å². The molecule has 0 saturated carbocycles. The van der Waals surface area contributed by atoms with E-state index in [1.807, 2.05) is 54.6 Å². The van der Waals surface area contributed by atoms with E-state index in [2.05, 4.69) is 36.0 Å². The van der Waals surface area contributed by atoms with E-state index in [9.17, 15) is 4.79 Å². The summed E-state index contributed by atoms with van der Waals surface area (Å²) in [7, 11) is 0. The quantitative estimate of drug-likeness (QED) is 0.543. The van der Waals surface area contributed by atoms with Crippen LogP contribution in [0.3, 0.4) is 0 Å². The van der Waals surface area contributed by atoms with Crippen molar-refractivity contribution in [1.82, 2.24) is 20.4 Å². The van der Waals surface area contributed by atoms with Crippen LogP contribution < -0.4 is 10.6 Å². The molecule has 4 aromatic rings. The molecule has 0 spiro atoms. The van der Waals surface area contributed by atoms with Gasteiger partial charge in [-0.1, -0.05) is 53.6 Å². The molecule has 1 atom stereocenters. The van der Waals surface area contributed by atoms with Gasteiger partial charge in [0.05, 0.1) is 11.4 Å². The Kier molecular flexibility index (Phi) is 4.45. The van der Waals surface area contributed by atoms with Crippen molar-refractivity contribution in [3.63, 3.8) is 0 Å². The number of aromatic nitrogens is 4. The first-order valence-corrected chi connectivity index (χ1v) is 9.19. The van der Waals surface area contributed by atoms with Gasteiger partial charge in [-0.15, -0.1) is 10.2 Å². The number of nitrogens with zero attached hydrogens (tertiary/aromatic N) is 5. The molecule has 30 heavy (non-hydrogen) atoms. The summed E-state index contributed by atoms with van der Waals surface area (Å²) >= 11 is 0. The van der Waals surface area contributed by atoms with Gasteiger partial charge in [-0.2, -0.15) is 5.10 Å². The first-order chi connectivity index (χ1) is 14.8. The third kappa shape index (κ3) is 3.39. The number of hydrogen-bond donors (Lipinski definition) is 2. The lowest BCUT2D eigenvalue weighted by Crippen LogP contribution is -2.32. The van der Waals surface area contributed by atoms with Gasteiger partial charge < -0.3 is 15.1 Å². The predicted molar refractivity (Wildman–Crippen MR) is 110 cm³/mol. The maximum atomic E-state index is 12.8. The Bertz CT molecular complexity index is 1220. The topological polar surface area (TPSA) is 118 Å². The van der Waals surface area contributed by atoms with Crippen LogP contribution in [0.4, 0.5) is 11.7 Å². The van der Waals surface area contributed by atoms with Gasteiger partial charge in [-0.05, 0) is 18.2 Å². The summed E-state index contributed by atoms with van der Waals surface area (Å²) in [6.07, 6.45) is 0.578. The Labute approximate surface area is 170 Å². The van der Waals surface area contributed by atoms with Gasteiger partial charge in [-0.25, -0.2) is 4.99 Å². The van der Waals surface area contributed by atoms with Gasteiger partial charge >= 0.3 is 6.01 Å². The lowest BCUT2D eigenvalue weighted by molar-refractivity contribution is -0.116. The van der Waals surface area contributed by atoms with Crippen molar-refractivity contribution in [3.8, 4) is 11.6 Å². The number of aliphatic imine (C=N–C) groups is 1. The summed E-state index contributed by atoms with van der Waals surface area (Å²) in [4.78, 5) is 17.5. The van der Waals surface area contributed by atoms with Crippen LogP contribution in [0.15, 0.2) is 82.3 Å². The Morgan fingerprint density at radius 1 is 0.900 bits per heavy atom. The maximum absolute atomic E-state index is 12.8. The first-order valence-electron chi connectivity index (χ1n) is 9.19. The summed E-state index contributed by atoms with van der Waals surface area (Å²) in [5.74, 6) is -0.150. The fourth-order valence-electron chi connectivity index (χ4n) is 3.10. The Morgan fingerprint density at radius 3 is 2.57 bits per heavy atom. The van der Waals surface area contributed by atoms with Crippen LogP contribution in [0, 0.1) is 0 Å². The molecule has 1 unspecified atom stereocenters. The number of fused-ring (bicyclic) bond motifs is 1. The Balaban J connectivity index is 1.51. The summed E-state index contributed by atoms with van der Waals surface area (Å²) in [5.41, 5.74) is 3.51. The molecule has 2 N–H and O–H groups in total. The van der Waals surface area contributed by atoms with Crippen molar-refractivity contribution in [2.45, 2.75) is 6.17 Å². The van der Waals surface area contributed by atoms with Crippen molar-refractivity contribution in [3.05, 3.63) is 84.1 Å². The molecule has 0 fully saturated rings. The number of amides is 1. The van der Waals surface area contributed by atoms with Gasteiger partial charge in [0, 0.05) is 17.3 Å². The van der Waals surface area contributed by atoms with Crippen LogP contribution in [0.5, 0.6) is 0 Å². The van der Waals surface area contributed by atoms with Crippen LogP contribution >= 0.6 is 0 Å². The van der Waals surface area contributed by atoms with Crippen molar-refractivity contribution < 1.29 is 9.21 Å². The van der Waals surface area contributed by atoms with E-state index in [0.717, 1.165) is 11.1 Å². The van der Waals surface area contributed by atoms with E-state index in [4.69, 9.17) is 4.42 Å². The average Bonchev–Trinajstić information content (AvgIpc) is 3.21. The Hall–Kier alpha value is -4.40. The van der Waals surface area contributed by atoms with Crippen molar-refractivity contribution in [1.29, 1.82) is 0 Å². The number of benzodiazepines with no additional fused rings is 1. The molecular formula is C21H15N7O2. The summed E-state index contributed by atoms with van der Waals surface area (Å²) < 4.78 is 5.59. The molecule has 3 heterocycles. The van der Waals surface area contributed by atoms with Crippen LogP contribution in [0.2, 0.25) is 0 Å². The highest BCUT2D eigenvalue weighted by Crippen LogP contribution is 2.25. The number of anilines is 2. The molecule has 9 heteroatoms. The van der Waals surface area contributed by atoms with Gasteiger partial charge in [0.1, 0.15) is 5.69 Å². The fourth-order valence-corrected chi connectivity index (χ4v) is 3.10. The molecule has 9 nitrogen and oxygen atoms in total. The molecule has 0 radical (unpaired) electrons. The second-order valence-corrected chi connectivity index (χ2v) is 6.45. The summed E-state index contributed by atoms with van der Waals surface area (Å²) in [5, 5.41) is 21.4. The maximum Gasteiger partial charge on any atom is 0.317 e. The van der Waals surface area contributed by atoms with Crippen molar-refractivity contribution in [2.75, 3.05) is 10.6 Å². The number of benzene rings is 2. The molecular weight excluding hydrogens is 382 g/mol. The van der Waals surface area contributed by atoms with Crippen LogP contribution in [-0.2, 0) is 4.79 Å². The summed E-state index contributed by atoms with van der Waals surface area (Å²) in [6, 6.07) is 20.7. The van der Waals surface area contributed by atoms with E-state index >= 15 is 0 Å². The minimum absolute atomic E-state index is 0.0536. The molecule has 2 aromatic heterocycles. The molecule has 0 bridgehead atoms. The fraction of sp³-hybridized carbons (Fsp3) is 0.0476.